The quantitative estimate of drug-likeness (QED) is 0.582. The summed E-state index contributed by atoms with van der Waals surface area (Å²) in [6, 6.07) is 7.20. The van der Waals surface area contributed by atoms with Gasteiger partial charge in [-0.1, -0.05) is 28.1 Å². The molecule has 4 aliphatic carbocycles. The third-order valence-corrected chi connectivity index (χ3v) is 7.65. The van der Waals surface area contributed by atoms with E-state index < -0.39 is 6.10 Å². The number of hydrogen-bond acceptors (Lipinski definition) is 4. The minimum atomic E-state index is -0.575. The summed E-state index contributed by atoms with van der Waals surface area (Å²) in [4.78, 5) is 32.8. The van der Waals surface area contributed by atoms with E-state index in [-0.39, 0.29) is 21.3 Å². The molecule has 0 saturated heterocycles. The SMILES string of the molecule is C[C@@H](OC(=O)C12C[C@H]3C[C@@H](CC(Br)(C3)C1)C2)c1nc2ccccc2c(=O)[nH]1. The molecule has 0 spiro atoms. The van der Waals surface area contributed by atoms with Crippen molar-refractivity contribution in [2.45, 2.75) is 55.9 Å². The highest BCUT2D eigenvalue weighted by Gasteiger charge is 2.60. The highest BCUT2D eigenvalue weighted by molar-refractivity contribution is 9.10. The minimum Gasteiger partial charge on any atom is -0.454 e. The molecular weight excluding hydrogens is 408 g/mol. The van der Waals surface area contributed by atoms with Crippen LogP contribution < -0.4 is 5.56 Å². The summed E-state index contributed by atoms with van der Waals surface area (Å²) in [5.41, 5.74) is 0.0417. The monoisotopic (exact) mass is 430 g/mol. The van der Waals surface area contributed by atoms with Crippen molar-refractivity contribution in [3.8, 4) is 0 Å². The number of esters is 1. The lowest BCUT2D eigenvalue weighted by atomic mass is 9.49. The summed E-state index contributed by atoms with van der Waals surface area (Å²) in [5.74, 6) is 1.52. The second-order valence-electron chi connectivity index (χ2n) is 8.91. The Hall–Kier alpha value is -1.69. The van der Waals surface area contributed by atoms with Gasteiger partial charge in [0.05, 0.1) is 16.3 Å². The molecule has 1 heterocycles. The number of ether oxygens (including phenoxy) is 1. The molecule has 6 rings (SSSR count). The fourth-order valence-electron chi connectivity index (χ4n) is 6.03. The summed E-state index contributed by atoms with van der Waals surface area (Å²) in [5, 5.41) is 0.544. The van der Waals surface area contributed by atoms with E-state index in [1.165, 1.54) is 19.3 Å². The first-order valence-corrected chi connectivity index (χ1v) is 10.5. The first-order valence-electron chi connectivity index (χ1n) is 9.75. The second-order valence-corrected chi connectivity index (χ2v) is 10.6. The van der Waals surface area contributed by atoms with E-state index in [4.69, 9.17) is 4.74 Å². The number of rotatable bonds is 3. The van der Waals surface area contributed by atoms with Crippen molar-refractivity contribution in [3.63, 3.8) is 0 Å². The lowest BCUT2D eigenvalue weighted by Crippen LogP contribution is -2.56. The summed E-state index contributed by atoms with van der Waals surface area (Å²) < 4.78 is 5.98. The molecule has 27 heavy (non-hydrogen) atoms. The molecule has 0 amide bonds. The normalized spacial score (nSPS) is 35.3. The number of nitrogens with one attached hydrogen (secondary N) is 1. The molecule has 4 bridgehead atoms. The van der Waals surface area contributed by atoms with Crippen molar-refractivity contribution < 1.29 is 9.53 Å². The fourth-order valence-corrected chi connectivity index (χ4v) is 7.48. The number of aromatic nitrogens is 2. The van der Waals surface area contributed by atoms with Crippen molar-refractivity contribution in [1.82, 2.24) is 9.97 Å². The zero-order valence-electron chi connectivity index (χ0n) is 15.3. The third kappa shape index (κ3) is 2.84. The van der Waals surface area contributed by atoms with Crippen LogP contribution in [0, 0.1) is 17.3 Å². The number of nitrogens with zero attached hydrogens (tertiary/aromatic N) is 1. The molecule has 6 heteroatoms. The Labute approximate surface area is 166 Å². The third-order valence-electron chi connectivity index (χ3n) is 6.72. The van der Waals surface area contributed by atoms with Gasteiger partial charge in [-0.2, -0.15) is 0 Å². The number of halogens is 1. The molecule has 1 aromatic heterocycles. The average molecular weight is 431 g/mol. The highest BCUT2D eigenvalue weighted by atomic mass is 79.9. The number of aromatic amines is 1. The Morgan fingerprint density at radius 3 is 2.67 bits per heavy atom. The van der Waals surface area contributed by atoms with Gasteiger partial charge in [-0.05, 0) is 69.4 Å². The molecule has 4 aliphatic rings. The Morgan fingerprint density at radius 2 is 1.96 bits per heavy atom. The molecule has 1 N–H and O–H groups in total. The van der Waals surface area contributed by atoms with Gasteiger partial charge in [0, 0.05) is 4.32 Å². The van der Waals surface area contributed by atoms with E-state index in [0.717, 1.165) is 19.3 Å². The highest BCUT2D eigenvalue weighted by Crippen LogP contribution is 2.64. The molecule has 5 nitrogen and oxygen atoms in total. The maximum absolute atomic E-state index is 13.2. The number of benzene rings is 1. The van der Waals surface area contributed by atoms with Crippen LogP contribution in [0.5, 0.6) is 0 Å². The van der Waals surface area contributed by atoms with Gasteiger partial charge in [0.2, 0.25) is 0 Å². The Bertz CT molecular complexity index is 971. The van der Waals surface area contributed by atoms with Crippen LogP contribution in [0.25, 0.3) is 10.9 Å². The van der Waals surface area contributed by atoms with Crippen LogP contribution in [-0.4, -0.2) is 20.3 Å². The van der Waals surface area contributed by atoms with Crippen molar-refractivity contribution in [2.75, 3.05) is 0 Å². The lowest BCUT2D eigenvalue weighted by Gasteiger charge is -2.58. The number of carbonyl (C=O) groups excluding carboxylic acids is 1. The van der Waals surface area contributed by atoms with Crippen LogP contribution >= 0.6 is 15.9 Å². The largest absolute Gasteiger partial charge is 0.454 e. The number of H-pyrrole nitrogens is 1. The smallest absolute Gasteiger partial charge is 0.312 e. The van der Waals surface area contributed by atoms with Gasteiger partial charge >= 0.3 is 5.97 Å². The van der Waals surface area contributed by atoms with Crippen molar-refractivity contribution in [3.05, 3.63) is 40.4 Å². The minimum absolute atomic E-state index is 0.106. The van der Waals surface area contributed by atoms with Gasteiger partial charge in [0.25, 0.3) is 5.56 Å². The van der Waals surface area contributed by atoms with Gasteiger partial charge in [-0.15, -0.1) is 0 Å². The van der Waals surface area contributed by atoms with Gasteiger partial charge < -0.3 is 9.72 Å². The van der Waals surface area contributed by atoms with Crippen molar-refractivity contribution in [1.29, 1.82) is 0 Å². The maximum Gasteiger partial charge on any atom is 0.312 e. The second kappa shape index (κ2) is 5.90. The van der Waals surface area contributed by atoms with Crippen molar-refractivity contribution >= 4 is 32.8 Å². The first kappa shape index (κ1) is 17.4. The topological polar surface area (TPSA) is 72.0 Å². The Morgan fingerprint density at radius 1 is 1.26 bits per heavy atom. The molecular formula is C21H23BrN2O3. The summed E-state index contributed by atoms with van der Waals surface area (Å²) in [6.45, 7) is 1.79. The van der Waals surface area contributed by atoms with Crippen LogP contribution in [0.1, 0.15) is 57.4 Å². The van der Waals surface area contributed by atoms with Crippen molar-refractivity contribution in [2.24, 2.45) is 17.3 Å². The number of hydrogen-bond donors (Lipinski definition) is 1. The zero-order valence-corrected chi connectivity index (χ0v) is 16.9. The number of alkyl halides is 1. The maximum atomic E-state index is 13.2. The van der Waals surface area contributed by atoms with Crippen LogP contribution in [0.3, 0.4) is 0 Å². The lowest BCUT2D eigenvalue weighted by molar-refractivity contribution is -0.175. The number of fused-ring (bicyclic) bond motifs is 1. The standard InChI is InChI=1S/C21H23BrN2O3/c1-12(17-23-16-5-3-2-4-15(16)18(25)24-17)27-19(26)20-7-13-6-14(8-20)10-21(22,9-13)11-20/h2-5,12-14H,6-11H2,1H3,(H,23,24,25)/t12-,13-,14-,20?,21?/m1/s1. The van der Waals surface area contributed by atoms with Crippen LogP contribution in [0.4, 0.5) is 0 Å². The summed E-state index contributed by atoms with van der Waals surface area (Å²) in [6.07, 6.45) is 5.75. The molecule has 4 fully saturated rings. The number of carbonyl (C=O) groups is 1. The predicted molar refractivity (Wildman–Crippen MR) is 106 cm³/mol. The van der Waals surface area contributed by atoms with Gasteiger partial charge in [-0.3, -0.25) is 9.59 Å². The van der Waals surface area contributed by atoms with E-state index in [1.807, 2.05) is 12.1 Å². The van der Waals surface area contributed by atoms with Gasteiger partial charge in [0.1, 0.15) is 0 Å². The Balaban J connectivity index is 1.41. The fraction of sp³-hybridized carbons (Fsp3) is 0.571. The first-order chi connectivity index (χ1) is 12.9. The van der Waals surface area contributed by atoms with E-state index in [9.17, 15) is 9.59 Å². The molecule has 2 aromatic rings. The van der Waals surface area contributed by atoms with Gasteiger partial charge in [-0.25, -0.2) is 4.98 Å². The molecule has 3 atom stereocenters. The van der Waals surface area contributed by atoms with Gasteiger partial charge in [0.15, 0.2) is 11.9 Å². The predicted octanol–water partition coefficient (Wildman–Crippen LogP) is 4.26. The van der Waals surface area contributed by atoms with E-state index in [0.29, 0.717) is 28.6 Å². The molecule has 0 aliphatic heterocycles. The van der Waals surface area contributed by atoms with Crippen LogP contribution in [0.15, 0.2) is 29.1 Å². The zero-order chi connectivity index (χ0) is 18.8. The van der Waals surface area contributed by atoms with E-state index in [2.05, 4.69) is 25.9 Å². The van der Waals surface area contributed by atoms with E-state index in [1.54, 1.807) is 19.1 Å². The number of para-hydroxylation sites is 1. The van der Waals surface area contributed by atoms with Crippen LogP contribution in [-0.2, 0) is 9.53 Å². The summed E-state index contributed by atoms with van der Waals surface area (Å²) >= 11 is 3.94. The molecule has 1 aromatic carbocycles. The molecule has 0 radical (unpaired) electrons. The molecule has 4 saturated carbocycles. The molecule has 0 unspecified atom stereocenters. The van der Waals surface area contributed by atoms with E-state index >= 15 is 0 Å². The summed E-state index contributed by atoms with van der Waals surface area (Å²) in [7, 11) is 0. The molecule has 142 valence electrons. The Kier molecular flexibility index (Phi) is 3.81. The average Bonchev–Trinajstić information content (AvgIpc) is 2.59. The van der Waals surface area contributed by atoms with Crippen LogP contribution in [0.2, 0.25) is 0 Å².